The highest BCUT2D eigenvalue weighted by Crippen LogP contribution is 2.34. The molecule has 0 bridgehead atoms. The maximum absolute atomic E-state index is 12.8. The van der Waals surface area contributed by atoms with E-state index in [1.165, 1.54) is 13.2 Å². The number of urea groups is 1. The number of para-hydroxylation sites is 1. The minimum Gasteiger partial charge on any atom is -0.493 e. The number of hydrogen-bond acceptors (Lipinski definition) is 5. The number of hydrogen-bond donors (Lipinski definition) is 2. The maximum atomic E-state index is 12.8. The van der Waals surface area contributed by atoms with Crippen LogP contribution in [0.25, 0.3) is 6.08 Å². The predicted molar refractivity (Wildman–Crippen MR) is 121 cm³/mol. The number of rotatable bonds is 8. The Labute approximate surface area is 187 Å². The van der Waals surface area contributed by atoms with Gasteiger partial charge in [-0.3, -0.25) is 9.59 Å². The molecule has 8 heteroatoms. The number of nitrogens with zero attached hydrogens (tertiary/aromatic N) is 1. The van der Waals surface area contributed by atoms with Crippen LogP contribution >= 0.6 is 0 Å². The molecule has 0 spiro atoms. The van der Waals surface area contributed by atoms with Gasteiger partial charge in [0.2, 0.25) is 5.91 Å². The highest BCUT2D eigenvalue weighted by Gasteiger charge is 2.35. The third kappa shape index (κ3) is 5.26. The molecule has 168 valence electrons. The lowest BCUT2D eigenvalue weighted by Crippen LogP contribution is -2.38. The molecule has 32 heavy (non-hydrogen) atoms. The number of benzene rings is 2. The molecule has 0 aromatic heterocycles. The number of ether oxygens (including phenoxy) is 2. The van der Waals surface area contributed by atoms with Gasteiger partial charge >= 0.3 is 6.03 Å². The van der Waals surface area contributed by atoms with Crippen molar-refractivity contribution in [1.29, 1.82) is 0 Å². The molecule has 1 aliphatic rings. The summed E-state index contributed by atoms with van der Waals surface area (Å²) in [5, 5.41) is 5.22. The molecule has 1 aliphatic heterocycles. The molecule has 0 radical (unpaired) electrons. The second-order valence-electron chi connectivity index (χ2n) is 7.51. The lowest BCUT2D eigenvalue weighted by atomic mass is 10.1. The van der Waals surface area contributed by atoms with Crippen molar-refractivity contribution in [2.24, 2.45) is 0 Å². The molecular formula is C24H27N3O5. The van der Waals surface area contributed by atoms with E-state index in [1.54, 1.807) is 30.3 Å². The molecule has 4 amide bonds. The van der Waals surface area contributed by atoms with E-state index in [9.17, 15) is 14.4 Å². The Morgan fingerprint density at radius 3 is 2.56 bits per heavy atom. The summed E-state index contributed by atoms with van der Waals surface area (Å²) in [4.78, 5) is 38.4. The van der Waals surface area contributed by atoms with Crippen molar-refractivity contribution in [3.8, 4) is 11.5 Å². The van der Waals surface area contributed by atoms with E-state index in [0.717, 1.165) is 16.9 Å². The van der Waals surface area contributed by atoms with Gasteiger partial charge in [-0.2, -0.15) is 0 Å². The Hall–Kier alpha value is -3.81. The lowest BCUT2D eigenvalue weighted by molar-refractivity contribution is -0.127. The molecule has 1 fully saturated rings. The van der Waals surface area contributed by atoms with Crippen molar-refractivity contribution in [3.05, 3.63) is 59.3 Å². The fraction of sp³-hybridized carbons (Fsp3) is 0.292. The van der Waals surface area contributed by atoms with Gasteiger partial charge in [0.1, 0.15) is 12.2 Å². The van der Waals surface area contributed by atoms with E-state index < -0.39 is 24.4 Å². The number of carbonyl (C=O) groups is 3. The predicted octanol–water partition coefficient (Wildman–Crippen LogP) is 3.71. The van der Waals surface area contributed by atoms with Crippen LogP contribution in [0.1, 0.15) is 31.4 Å². The van der Waals surface area contributed by atoms with Gasteiger partial charge in [-0.25, -0.2) is 9.69 Å². The second-order valence-corrected chi connectivity index (χ2v) is 7.51. The quantitative estimate of drug-likeness (QED) is 0.485. The monoisotopic (exact) mass is 437 g/mol. The number of anilines is 1. The first-order valence-electron chi connectivity index (χ1n) is 10.4. The van der Waals surface area contributed by atoms with E-state index in [0.29, 0.717) is 22.7 Å². The minimum atomic E-state index is -0.660. The van der Waals surface area contributed by atoms with Crippen LogP contribution in [0.5, 0.6) is 11.5 Å². The van der Waals surface area contributed by atoms with Gasteiger partial charge in [0.05, 0.1) is 13.2 Å². The van der Waals surface area contributed by atoms with Crippen molar-refractivity contribution in [1.82, 2.24) is 10.2 Å². The lowest BCUT2D eigenvalue weighted by Gasteiger charge is -2.17. The van der Waals surface area contributed by atoms with Gasteiger partial charge in [-0.1, -0.05) is 36.8 Å². The summed E-state index contributed by atoms with van der Waals surface area (Å²) in [6, 6.07) is 11.9. The second kappa shape index (κ2) is 10.00. The Morgan fingerprint density at radius 2 is 1.91 bits per heavy atom. The zero-order valence-corrected chi connectivity index (χ0v) is 18.6. The van der Waals surface area contributed by atoms with Crippen LogP contribution in [0.15, 0.2) is 48.2 Å². The number of aryl methyl sites for hydroxylation is 1. The summed E-state index contributed by atoms with van der Waals surface area (Å²) in [6.07, 6.45) is 2.24. The summed E-state index contributed by atoms with van der Waals surface area (Å²) < 4.78 is 11.4. The normalized spacial score (nSPS) is 15.5. The van der Waals surface area contributed by atoms with Crippen molar-refractivity contribution in [2.45, 2.75) is 33.3 Å². The standard InChI is InChI=1S/C24H27N3O5/c1-5-16(3)32-22-17(7-6-8-20(22)31-4)13-19-23(29)27(24(30)26-19)14-21(28)25-18-11-9-15(2)10-12-18/h6-13,16H,5,14H2,1-4H3,(H,25,28)(H,26,30)/b19-13+/t16-/m1/s1. The summed E-state index contributed by atoms with van der Waals surface area (Å²) in [5.41, 5.74) is 2.28. The van der Waals surface area contributed by atoms with E-state index in [4.69, 9.17) is 9.47 Å². The molecule has 2 N–H and O–H groups in total. The molecule has 3 rings (SSSR count). The van der Waals surface area contributed by atoms with E-state index in [1.807, 2.05) is 32.9 Å². The molecular weight excluding hydrogens is 410 g/mol. The Kier molecular flexibility index (Phi) is 7.14. The zero-order chi connectivity index (χ0) is 23.3. The number of nitrogens with one attached hydrogen (secondary N) is 2. The summed E-state index contributed by atoms with van der Waals surface area (Å²) >= 11 is 0. The van der Waals surface area contributed by atoms with Crippen molar-refractivity contribution in [3.63, 3.8) is 0 Å². The fourth-order valence-electron chi connectivity index (χ4n) is 3.07. The molecule has 1 saturated heterocycles. The maximum Gasteiger partial charge on any atom is 0.329 e. The van der Waals surface area contributed by atoms with Crippen LogP contribution < -0.4 is 20.1 Å². The van der Waals surface area contributed by atoms with Gasteiger partial charge in [0, 0.05) is 11.3 Å². The Morgan fingerprint density at radius 1 is 1.19 bits per heavy atom. The summed E-state index contributed by atoms with van der Waals surface area (Å²) in [5.74, 6) is -0.0626. The van der Waals surface area contributed by atoms with Crippen LogP contribution in [0.2, 0.25) is 0 Å². The molecule has 0 saturated carbocycles. The number of methoxy groups -OCH3 is 1. The third-order valence-corrected chi connectivity index (χ3v) is 5.02. The van der Waals surface area contributed by atoms with Crippen molar-refractivity contribution >= 4 is 29.6 Å². The first kappa shape index (κ1) is 22.9. The largest absolute Gasteiger partial charge is 0.493 e. The molecule has 0 aliphatic carbocycles. The van der Waals surface area contributed by atoms with E-state index in [2.05, 4.69) is 10.6 Å². The number of imide groups is 1. The van der Waals surface area contributed by atoms with Crippen LogP contribution in [-0.4, -0.2) is 42.5 Å². The smallest absolute Gasteiger partial charge is 0.329 e. The highest BCUT2D eigenvalue weighted by molar-refractivity contribution is 6.16. The minimum absolute atomic E-state index is 0.0559. The summed E-state index contributed by atoms with van der Waals surface area (Å²) in [6.45, 7) is 5.47. The molecule has 8 nitrogen and oxygen atoms in total. The van der Waals surface area contributed by atoms with Crippen molar-refractivity contribution < 1.29 is 23.9 Å². The van der Waals surface area contributed by atoms with E-state index in [-0.39, 0.29) is 11.8 Å². The first-order valence-corrected chi connectivity index (χ1v) is 10.4. The SMILES string of the molecule is CC[C@@H](C)Oc1c(/C=C2/NC(=O)N(CC(=O)Nc3ccc(C)cc3)C2=O)cccc1OC. The fourth-order valence-corrected chi connectivity index (χ4v) is 3.07. The van der Waals surface area contributed by atoms with Gasteiger partial charge < -0.3 is 20.1 Å². The molecule has 2 aromatic carbocycles. The number of amides is 4. The first-order chi connectivity index (χ1) is 15.3. The van der Waals surface area contributed by atoms with Gasteiger partial charge in [-0.15, -0.1) is 0 Å². The average Bonchev–Trinajstić information content (AvgIpc) is 3.03. The van der Waals surface area contributed by atoms with Gasteiger partial charge in [-0.05, 0) is 44.5 Å². The topological polar surface area (TPSA) is 97.0 Å². The van der Waals surface area contributed by atoms with Crippen molar-refractivity contribution in [2.75, 3.05) is 19.0 Å². The molecule has 2 aromatic rings. The van der Waals surface area contributed by atoms with Crippen LogP contribution in [0.4, 0.5) is 10.5 Å². The zero-order valence-electron chi connectivity index (χ0n) is 18.6. The highest BCUT2D eigenvalue weighted by atomic mass is 16.5. The summed E-state index contributed by atoms with van der Waals surface area (Å²) in [7, 11) is 1.53. The van der Waals surface area contributed by atoms with Gasteiger partial charge in [0.15, 0.2) is 11.5 Å². The average molecular weight is 437 g/mol. The Balaban J connectivity index is 1.78. The molecule has 1 heterocycles. The third-order valence-electron chi connectivity index (χ3n) is 5.02. The van der Waals surface area contributed by atoms with E-state index >= 15 is 0 Å². The van der Waals surface area contributed by atoms with Crippen LogP contribution in [0, 0.1) is 6.92 Å². The number of carbonyl (C=O) groups excluding carboxylic acids is 3. The molecule has 0 unspecified atom stereocenters. The van der Waals surface area contributed by atoms with Crippen LogP contribution in [0.3, 0.4) is 0 Å². The van der Waals surface area contributed by atoms with Gasteiger partial charge in [0.25, 0.3) is 5.91 Å². The molecule has 1 atom stereocenters. The Bertz CT molecular complexity index is 1050. The van der Waals surface area contributed by atoms with Crippen LogP contribution in [-0.2, 0) is 9.59 Å².